The fourth-order valence-corrected chi connectivity index (χ4v) is 4.02. The fourth-order valence-electron chi connectivity index (χ4n) is 4.02. The van der Waals surface area contributed by atoms with Crippen LogP contribution in [0.25, 0.3) is 17.0 Å². The summed E-state index contributed by atoms with van der Waals surface area (Å²) in [5.74, 6) is 2.25. The molecule has 0 bridgehead atoms. The van der Waals surface area contributed by atoms with Crippen molar-refractivity contribution in [1.82, 2.24) is 19.6 Å². The van der Waals surface area contributed by atoms with Crippen molar-refractivity contribution in [3.63, 3.8) is 0 Å². The zero-order chi connectivity index (χ0) is 18.8. The first kappa shape index (κ1) is 17.6. The maximum atomic E-state index is 6.16. The third-order valence-electron chi connectivity index (χ3n) is 5.66. The van der Waals surface area contributed by atoms with Crippen molar-refractivity contribution in [2.24, 2.45) is 5.92 Å². The van der Waals surface area contributed by atoms with Gasteiger partial charge in [0.05, 0.1) is 25.0 Å². The summed E-state index contributed by atoms with van der Waals surface area (Å²) < 4.78 is 13.4. The molecule has 0 amide bonds. The summed E-state index contributed by atoms with van der Waals surface area (Å²) in [6.07, 6.45) is 5.07. The van der Waals surface area contributed by atoms with Gasteiger partial charge in [0, 0.05) is 37.2 Å². The normalized spacial score (nSPS) is 20.9. The summed E-state index contributed by atoms with van der Waals surface area (Å²) >= 11 is 0. The molecule has 3 aromatic rings. The first-order chi connectivity index (χ1) is 13.9. The average Bonchev–Trinajstić information content (AvgIpc) is 3.44. The zero-order valence-electron chi connectivity index (χ0n) is 15.9. The van der Waals surface area contributed by atoms with E-state index in [0.29, 0.717) is 17.8 Å². The summed E-state index contributed by atoms with van der Waals surface area (Å²) in [5, 5.41) is 4.39. The number of piperidine rings is 1. The molecule has 2 aromatic heterocycles. The van der Waals surface area contributed by atoms with Gasteiger partial charge >= 0.3 is 0 Å². The van der Waals surface area contributed by atoms with Crippen LogP contribution in [-0.4, -0.2) is 58.6 Å². The smallest absolute Gasteiger partial charge is 0.254 e. The first-order valence-electron chi connectivity index (χ1n) is 10.1. The van der Waals surface area contributed by atoms with Crippen LogP contribution >= 0.6 is 0 Å². The van der Waals surface area contributed by atoms with E-state index in [1.807, 2.05) is 22.7 Å². The number of hydrogen-bond donors (Lipinski definition) is 0. The van der Waals surface area contributed by atoms with Gasteiger partial charge in [-0.3, -0.25) is 0 Å². The predicted molar refractivity (Wildman–Crippen MR) is 106 cm³/mol. The number of rotatable bonds is 5. The first-order valence-corrected chi connectivity index (χ1v) is 10.1. The molecule has 1 aromatic carbocycles. The Balaban J connectivity index is 1.31. The van der Waals surface area contributed by atoms with Crippen LogP contribution in [0.2, 0.25) is 0 Å². The summed E-state index contributed by atoms with van der Waals surface area (Å²) in [6, 6.07) is 12.3. The minimum Gasteiger partial charge on any atom is -0.381 e. The minimum atomic E-state index is 0.332. The quantitative estimate of drug-likeness (QED) is 0.679. The second-order valence-corrected chi connectivity index (χ2v) is 7.59. The van der Waals surface area contributed by atoms with Gasteiger partial charge < -0.3 is 14.4 Å². The Bertz CT molecular complexity index is 915. The van der Waals surface area contributed by atoms with Gasteiger partial charge in [0.25, 0.3) is 5.78 Å². The van der Waals surface area contributed by atoms with E-state index >= 15 is 0 Å². The van der Waals surface area contributed by atoms with E-state index in [9.17, 15) is 0 Å². The molecule has 0 saturated carbocycles. The van der Waals surface area contributed by atoms with Crippen LogP contribution < -0.4 is 4.90 Å². The third kappa shape index (κ3) is 3.59. The summed E-state index contributed by atoms with van der Waals surface area (Å²) in [7, 11) is 0. The van der Waals surface area contributed by atoms with E-state index in [2.05, 4.69) is 38.2 Å². The fraction of sp³-hybridized carbons (Fsp3) is 0.476. The Kier molecular flexibility index (Phi) is 4.93. The van der Waals surface area contributed by atoms with Gasteiger partial charge in [-0.25, -0.2) is 4.98 Å². The van der Waals surface area contributed by atoms with Crippen LogP contribution in [0.5, 0.6) is 0 Å². The van der Waals surface area contributed by atoms with Crippen LogP contribution in [0, 0.1) is 5.92 Å². The van der Waals surface area contributed by atoms with Crippen LogP contribution in [0.4, 0.5) is 5.82 Å². The lowest BCUT2D eigenvalue weighted by atomic mass is 10.1. The molecule has 1 unspecified atom stereocenters. The molecule has 2 aliphatic heterocycles. The van der Waals surface area contributed by atoms with Crippen molar-refractivity contribution in [3.8, 4) is 11.3 Å². The second-order valence-electron chi connectivity index (χ2n) is 7.59. The molecule has 1 atom stereocenters. The molecule has 0 spiro atoms. The molecule has 7 heteroatoms. The Hall–Kier alpha value is -2.51. The third-order valence-corrected chi connectivity index (χ3v) is 5.66. The van der Waals surface area contributed by atoms with Gasteiger partial charge in [-0.1, -0.05) is 30.3 Å². The van der Waals surface area contributed by atoms with Crippen LogP contribution in [0.15, 0.2) is 42.7 Å². The molecule has 0 aliphatic carbocycles. The zero-order valence-corrected chi connectivity index (χ0v) is 15.9. The van der Waals surface area contributed by atoms with Crippen molar-refractivity contribution >= 4 is 11.6 Å². The number of nitrogens with zero attached hydrogens (tertiary/aromatic N) is 5. The van der Waals surface area contributed by atoms with E-state index in [-0.39, 0.29) is 0 Å². The molecule has 0 N–H and O–H groups in total. The van der Waals surface area contributed by atoms with Gasteiger partial charge in [0.15, 0.2) is 0 Å². The van der Waals surface area contributed by atoms with E-state index < -0.39 is 0 Å². The van der Waals surface area contributed by atoms with Crippen LogP contribution in [0.1, 0.15) is 19.3 Å². The Morgan fingerprint density at radius 3 is 2.75 bits per heavy atom. The molecule has 2 aliphatic rings. The Morgan fingerprint density at radius 2 is 1.96 bits per heavy atom. The number of fused-ring (bicyclic) bond motifs is 1. The second kappa shape index (κ2) is 7.85. The molecule has 2 fully saturated rings. The SMILES string of the molecule is c1ccc(-c2cc(N3CCC(OCC4CCOC4)CC3)n3ncnc3n2)cc1. The number of hydrogen-bond acceptors (Lipinski definition) is 6. The Labute approximate surface area is 164 Å². The topological polar surface area (TPSA) is 64.8 Å². The monoisotopic (exact) mass is 379 g/mol. The highest BCUT2D eigenvalue weighted by Gasteiger charge is 2.24. The van der Waals surface area contributed by atoms with E-state index in [1.165, 1.54) is 0 Å². The van der Waals surface area contributed by atoms with Gasteiger partial charge in [-0.05, 0) is 19.3 Å². The predicted octanol–water partition coefficient (Wildman–Crippen LogP) is 2.81. The lowest BCUT2D eigenvalue weighted by Gasteiger charge is -2.33. The van der Waals surface area contributed by atoms with Crippen molar-refractivity contribution < 1.29 is 9.47 Å². The van der Waals surface area contributed by atoms with Gasteiger partial charge in [-0.15, -0.1) is 0 Å². The molecule has 4 heterocycles. The molecule has 7 nitrogen and oxygen atoms in total. The number of aromatic nitrogens is 4. The lowest BCUT2D eigenvalue weighted by Crippen LogP contribution is -2.38. The molecular formula is C21H25N5O2. The number of anilines is 1. The van der Waals surface area contributed by atoms with Crippen molar-refractivity contribution in [2.45, 2.75) is 25.4 Å². The van der Waals surface area contributed by atoms with Gasteiger partial charge in [0.1, 0.15) is 12.1 Å². The van der Waals surface area contributed by atoms with E-state index in [1.54, 1.807) is 6.33 Å². The minimum absolute atomic E-state index is 0.332. The number of ether oxygens (including phenoxy) is 2. The molecule has 2 saturated heterocycles. The van der Waals surface area contributed by atoms with E-state index in [4.69, 9.17) is 9.47 Å². The summed E-state index contributed by atoms with van der Waals surface area (Å²) in [6.45, 7) is 4.44. The van der Waals surface area contributed by atoms with Gasteiger partial charge in [-0.2, -0.15) is 14.6 Å². The highest BCUT2D eigenvalue weighted by atomic mass is 16.5. The van der Waals surface area contributed by atoms with Crippen molar-refractivity contribution in [2.75, 3.05) is 37.8 Å². The molecule has 0 radical (unpaired) electrons. The standard InChI is InChI=1S/C21H25N5O2/c1-2-4-17(5-3-1)19-12-20(26-21(24-19)22-15-23-26)25-9-6-18(7-10-25)28-14-16-8-11-27-13-16/h1-5,12,15-16,18H,6-11,13-14H2. The van der Waals surface area contributed by atoms with Crippen molar-refractivity contribution in [1.29, 1.82) is 0 Å². The highest BCUT2D eigenvalue weighted by molar-refractivity contribution is 5.65. The van der Waals surface area contributed by atoms with Crippen LogP contribution in [0.3, 0.4) is 0 Å². The number of benzene rings is 1. The van der Waals surface area contributed by atoms with Crippen LogP contribution in [-0.2, 0) is 9.47 Å². The lowest BCUT2D eigenvalue weighted by molar-refractivity contribution is 0.0131. The van der Waals surface area contributed by atoms with E-state index in [0.717, 1.165) is 69.2 Å². The Morgan fingerprint density at radius 1 is 1.11 bits per heavy atom. The molecule has 5 rings (SSSR count). The summed E-state index contributed by atoms with van der Waals surface area (Å²) in [4.78, 5) is 11.4. The highest BCUT2D eigenvalue weighted by Crippen LogP contribution is 2.27. The van der Waals surface area contributed by atoms with Gasteiger partial charge in [0.2, 0.25) is 0 Å². The van der Waals surface area contributed by atoms with Crippen molar-refractivity contribution in [3.05, 3.63) is 42.7 Å². The molecule has 28 heavy (non-hydrogen) atoms. The average molecular weight is 379 g/mol. The largest absolute Gasteiger partial charge is 0.381 e. The molecular weight excluding hydrogens is 354 g/mol. The summed E-state index contributed by atoms with van der Waals surface area (Å²) in [5.41, 5.74) is 2.02. The maximum absolute atomic E-state index is 6.16. The molecule has 146 valence electrons. The maximum Gasteiger partial charge on any atom is 0.254 e.